The van der Waals surface area contributed by atoms with Gasteiger partial charge in [0.05, 0.1) is 5.39 Å². The van der Waals surface area contributed by atoms with E-state index in [4.69, 9.17) is 13.9 Å². The highest BCUT2D eigenvalue weighted by molar-refractivity contribution is 9.09. The minimum absolute atomic E-state index is 0.121. The molecule has 0 radical (unpaired) electrons. The molecule has 0 saturated heterocycles. The Balaban J connectivity index is 2.26. The zero-order valence-electron chi connectivity index (χ0n) is 15.7. The Morgan fingerprint density at radius 2 is 2.04 bits per heavy atom. The summed E-state index contributed by atoms with van der Waals surface area (Å²) in [4.78, 5) is 12.9. The fourth-order valence-corrected chi connectivity index (χ4v) is 2.97. The average molecular weight is 445 g/mol. The monoisotopic (exact) mass is 444 g/mol. The molecule has 2 aromatic carbocycles. The number of phenols is 1. The maximum Gasteiger partial charge on any atom is 0.205 e. The van der Waals surface area contributed by atoms with E-state index in [1.165, 1.54) is 6.07 Å². The Labute approximate surface area is 171 Å². The summed E-state index contributed by atoms with van der Waals surface area (Å²) in [5, 5.41) is 11.2. The molecule has 0 aliphatic heterocycles. The van der Waals surface area contributed by atoms with Crippen LogP contribution < -0.4 is 14.9 Å². The molecule has 0 bridgehead atoms. The molecule has 0 unspecified atom stereocenters. The molecule has 3 rings (SSSR count). The van der Waals surface area contributed by atoms with Crippen molar-refractivity contribution in [1.29, 1.82) is 0 Å². The van der Waals surface area contributed by atoms with Crippen molar-refractivity contribution in [1.82, 2.24) is 0 Å². The Morgan fingerprint density at radius 3 is 2.75 bits per heavy atom. The third-order valence-corrected chi connectivity index (χ3v) is 4.58. The van der Waals surface area contributed by atoms with Gasteiger partial charge in [0.15, 0.2) is 11.3 Å². The number of rotatable bonds is 7. The second-order valence-corrected chi connectivity index (χ2v) is 7.34. The summed E-state index contributed by atoms with van der Waals surface area (Å²) in [6, 6.07) is 7.98. The number of halogens is 1. The standard InChI is InChI=1S/C22H21BrO5/c1-4-22(2,3)28-17-11-10-14-19(25)18-15(24)8-7-9-16(18)27-20(14)21(17)26-13-6-5-12-23/h4-11,24H,1,12-13H2,2-3H3/b6-5+. The van der Waals surface area contributed by atoms with Crippen LogP contribution in [0, 0.1) is 0 Å². The van der Waals surface area contributed by atoms with Gasteiger partial charge in [0.2, 0.25) is 11.2 Å². The SMILES string of the molecule is C=CC(C)(C)Oc1ccc2c(=O)c3c(O)cccc3oc2c1OC/C=C/CBr. The second kappa shape index (κ2) is 8.10. The number of ether oxygens (including phenoxy) is 2. The summed E-state index contributed by atoms with van der Waals surface area (Å²) in [5.41, 5.74) is -0.427. The zero-order valence-corrected chi connectivity index (χ0v) is 17.3. The molecule has 0 aliphatic rings. The first-order valence-electron chi connectivity index (χ1n) is 8.76. The molecule has 146 valence electrons. The molecule has 0 amide bonds. The van der Waals surface area contributed by atoms with Gasteiger partial charge in [0.1, 0.15) is 28.9 Å². The quantitative estimate of drug-likeness (QED) is 0.303. The summed E-state index contributed by atoms with van der Waals surface area (Å²) in [7, 11) is 0. The lowest BCUT2D eigenvalue weighted by atomic mass is 10.1. The molecule has 1 heterocycles. The van der Waals surface area contributed by atoms with Gasteiger partial charge >= 0.3 is 0 Å². The van der Waals surface area contributed by atoms with Crippen LogP contribution in [0.25, 0.3) is 21.9 Å². The van der Waals surface area contributed by atoms with Gasteiger partial charge < -0.3 is 19.0 Å². The van der Waals surface area contributed by atoms with Crippen LogP contribution in [-0.4, -0.2) is 22.6 Å². The minimum atomic E-state index is -0.646. The van der Waals surface area contributed by atoms with Crippen molar-refractivity contribution in [2.75, 3.05) is 11.9 Å². The normalized spacial score (nSPS) is 12.0. The molecule has 0 saturated carbocycles. The number of fused-ring (bicyclic) bond motifs is 2. The molecule has 0 aliphatic carbocycles. The van der Waals surface area contributed by atoms with Crippen LogP contribution in [0.1, 0.15) is 13.8 Å². The highest BCUT2D eigenvalue weighted by Gasteiger charge is 2.22. The van der Waals surface area contributed by atoms with E-state index in [2.05, 4.69) is 22.5 Å². The van der Waals surface area contributed by atoms with Crippen molar-refractivity contribution in [3.63, 3.8) is 0 Å². The minimum Gasteiger partial charge on any atom is -0.507 e. The van der Waals surface area contributed by atoms with Crippen molar-refractivity contribution in [3.05, 3.63) is 65.4 Å². The van der Waals surface area contributed by atoms with E-state index in [9.17, 15) is 9.90 Å². The summed E-state index contributed by atoms with van der Waals surface area (Å²) < 4.78 is 17.9. The van der Waals surface area contributed by atoms with Crippen molar-refractivity contribution in [2.45, 2.75) is 19.4 Å². The van der Waals surface area contributed by atoms with Crippen molar-refractivity contribution in [3.8, 4) is 17.2 Å². The number of alkyl halides is 1. The summed E-state index contributed by atoms with van der Waals surface area (Å²) in [6.45, 7) is 7.80. The Kier molecular flexibility index (Phi) is 5.79. The predicted molar refractivity (Wildman–Crippen MR) is 115 cm³/mol. The molecule has 1 aromatic heterocycles. The van der Waals surface area contributed by atoms with E-state index in [0.717, 1.165) is 0 Å². The highest BCUT2D eigenvalue weighted by Crippen LogP contribution is 2.39. The predicted octanol–water partition coefficient (Wildman–Crippen LogP) is 5.33. The van der Waals surface area contributed by atoms with Gasteiger partial charge in [0, 0.05) is 5.33 Å². The van der Waals surface area contributed by atoms with Crippen molar-refractivity contribution < 1.29 is 19.0 Å². The van der Waals surface area contributed by atoms with Gasteiger partial charge in [-0.3, -0.25) is 4.79 Å². The number of aromatic hydroxyl groups is 1. The number of hydrogen-bond acceptors (Lipinski definition) is 5. The highest BCUT2D eigenvalue weighted by atomic mass is 79.9. The smallest absolute Gasteiger partial charge is 0.205 e. The number of phenolic OH excluding ortho intramolecular Hbond substituents is 1. The number of hydrogen-bond donors (Lipinski definition) is 1. The Bertz CT molecular complexity index is 1110. The van der Waals surface area contributed by atoms with E-state index in [-0.39, 0.29) is 34.3 Å². The molecular weight excluding hydrogens is 424 g/mol. The van der Waals surface area contributed by atoms with Gasteiger partial charge in [-0.1, -0.05) is 40.7 Å². The first-order valence-corrected chi connectivity index (χ1v) is 9.88. The molecule has 1 N–H and O–H groups in total. The van der Waals surface area contributed by atoms with Crippen LogP contribution in [0.3, 0.4) is 0 Å². The molecular formula is C22H21BrO5. The van der Waals surface area contributed by atoms with E-state index in [1.54, 1.807) is 30.3 Å². The van der Waals surface area contributed by atoms with Gasteiger partial charge in [-0.2, -0.15) is 0 Å². The Hall–Kier alpha value is -2.73. The van der Waals surface area contributed by atoms with Gasteiger partial charge in [-0.15, -0.1) is 0 Å². The van der Waals surface area contributed by atoms with Crippen LogP contribution in [0.5, 0.6) is 17.2 Å². The molecule has 6 heteroatoms. The first-order chi connectivity index (χ1) is 13.4. The summed E-state index contributed by atoms with van der Waals surface area (Å²) in [5.74, 6) is 0.644. The Morgan fingerprint density at radius 1 is 1.25 bits per heavy atom. The van der Waals surface area contributed by atoms with Crippen LogP contribution in [-0.2, 0) is 0 Å². The number of benzene rings is 2. The van der Waals surface area contributed by atoms with Crippen LogP contribution >= 0.6 is 15.9 Å². The lowest BCUT2D eigenvalue weighted by Crippen LogP contribution is -2.25. The molecule has 0 atom stereocenters. The van der Waals surface area contributed by atoms with E-state index < -0.39 is 5.60 Å². The topological polar surface area (TPSA) is 68.9 Å². The van der Waals surface area contributed by atoms with Gasteiger partial charge in [-0.05, 0) is 44.2 Å². The maximum absolute atomic E-state index is 12.9. The molecule has 0 fully saturated rings. The van der Waals surface area contributed by atoms with E-state index in [0.29, 0.717) is 22.2 Å². The fourth-order valence-electron chi connectivity index (χ4n) is 2.71. The molecule has 28 heavy (non-hydrogen) atoms. The average Bonchev–Trinajstić information content (AvgIpc) is 2.66. The largest absolute Gasteiger partial charge is 0.507 e. The van der Waals surface area contributed by atoms with Gasteiger partial charge in [0.25, 0.3) is 0 Å². The van der Waals surface area contributed by atoms with Crippen LogP contribution in [0.2, 0.25) is 0 Å². The summed E-state index contributed by atoms with van der Waals surface area (Å²) in [6.07, 6.45) is 5.43. The fraction of sp³-hybridized carbons (Fsp3) is 0.227. The summed E-state index contributed by atoms with van der Waals surface area (Å²) >= 11 is 3.32. The van der Waals surface area contributed by atoms with Crippen LogP contribution in [0.4, 0.5) is 0 Å². The lowest BCUT2D eigenvalue weighted by Gasteiger charge is -2.24. The van der Waals surface area contributed by atoms with Crippen molar-refractivity contribution >= 4 is 37.9 Å². The first kappa shape index (κ1) is 20.0. The molecule has 0 spiro atoms. The van der Waals surface area contributed by atoms with Crippen LogP contribution in [0.15, 0.2) is 64.4 Å². The lowest BCUT2D eigenvalue weighted by molar-refractivity contribution is 0.154. The maximum atomic E-state index is 12.9. The molecule has 5 nitrogen and oxygen atoms in total. The molecule has 3 aromatic rings. The van der Waals surface area contributed by atoms with E-state index >= 15 is 0 Å². The third kappa shape index (κ3) is 3.92. The number of allylic oxidation sites excluding steroid dienone is 1. The van der Waals surface area contributed by atoms with Gasteiger partial charge in [-0.25, -0.2) is 0 Å². The zero-order chi connectivity index (χ0) is 20.3. The van der Waals surface area contributed by atoms with E-state index in [1.807, 2.05) is 26.0 Å². The van der Waals surface area contributed by atoms with Crippen molar-refractivity contribution in [2.24, 2.45) is 0 Å². The second-order valence-electron chi connectivity index (χ2n) is 6.70. The third-order valence-electron chi connectivity index (χ3n) is 4.21.